The number of amides is 2. The maximum Gasteiger partial charge on any atom is 0.242 e. The predicted octanol–water partition coefficient (Wildman–Crippen LogP) is 3.12. The van der Waals surface area contributed by atoms with Crippen LogP contribution in [0.1, 0.15) is 17.5 Å². The number of carbonyl (C=O) groups is 2. The van der Waals surface area contributed by atoms with E-state index in [1.165, 1.54) is 0 Å². The number of ether oxygens (including phenoxy) is 1. The molecule has 2 heterocycles. The number of aromatic nitrogens is 2. The summed E-state index contributed by atoms with van der Waals surface area (Å²) in [6, 6.07) is 12.4. The fraction of sp³-hybridized carbons (Fsp3) is 0.333. The summed E-state index contributed by atoms with van der Waals surface area (Å²) < 4.78 is 5.34. The molecule has 0 unspecified atom stereocenters. The lowest BCUT2D eigenvalue weighted by Gasteiger charge is -2.20. The molecule has 2 aromatic carbocycles. The molecule has 2 aromatic heterocycles. The van der Waals surface area contributed by atoms with E-state index in [2.05, 4.69) is 20.6 Å². The van der Waals surface area contributed by atoms with E-state index in [1.807, 2.05) is 61.1 Å². The summed E-state index contributed by atoms with van der Waals surface area (Å²) in [7, 11) is 1.64. The van der Waals surface area contributed by atoms with Gasteiger partial charge in [-0.05, 0) is 60.2 Å². The van der Waals surface area contributed by atoms with Crippen molar-refractivity contribution in [3.8, 4) is 5.75 Å². The summed E-state index contributed by atoms with van der Waals surface area (Å²) in [6.07, 6.45) is 7.37. The Morgan fingerprint density at radius 2 is 1.78 bits per heavy atom. The molecule has 0 radical (unpaired) electrons. The van der Waals surface area contributed by atoms with E-state index in [9.17, 15) is 9.59 Å². The molecule has 0 saturated heterocycles. The number of fused-ring (bicyclic) bond motifs is 2. The molecule has 8 nitrogen and oxygen atoms in total. The molecule has 0 bridgehead atoms. The van der Waals surface area contributed by atoms with Crippen LogP contribution in [0.4, 0.5) is 0 Å². The molecule has 9 heteroatoms. The molecule has 0 aliphatic rings. The minimum absolute atomic E-state index is 0.233. The largest absolute Gasteiger partial charge is 0.497 e. The zero-order chi connectivity index (χ0) is 25.5. The number of para-hydroxylation sites is 1. The van der Waals surface area contributed by atoms with Crippen LogP contribution in [0.25, 0.3) is 21.8 Å². The summed E-state index contributed by atoms with van der Waals surface area (Å²) in [5.74, 6) is 1.02. The van der Waals surface area contributed by atoms with Crippen molar-refractivity contribution in [3.63, 3.8) is 0 Å². The molecule has 0 aliphatic heterocycles. The predicted molar refractivity (Wildman–Crippen MR) is 146 cm³/mol. The number of nitrogens with one attached hydrogen (secondary N) is 4. The van der Waals surface area contributed by atoms with Gasteiger partial charge < -0.3 is 31.1 Å². The summed E-state index contributed by atoms with van der Waals surface area (Å²) in [5, 5.41) is 8.00. The molecule has 4 rings (SSSR count). The number of benzene rings is 2. The van der Waals surface area contributed by atoms with Gasteiger partial charge in [0.1, 0.15) is 11.8 Å². The molecular formula is C27H33N5O3S. The van der Waals surface area contributed by atoms with Crippen molar-refractivity contribution in [3.05, 3.63) is 66.0 Å². The van der Waals surface area contributed by atoms with Crippen molar-refractivity contribution in [1.82, 2.24) is 20.6 Å². The van der Waals surface area contributed by atoms with Crippen molar-refractivity contribution >= 4 is 45.4 Å². The van der Waals surface area contributed by atoms with E-state index in [4.69, 9.17) is 10.5 Å². The number of hydrogen-bond acceptors (Lipinski definition) is 5. The van der Waals surface area contributed by atoms with E-state index in [0.29, 0.717) is 25.8 Å². The number of thioether (sulfide) groups is 1. The van der Waals surface area contributed by atoms with Gasteiger partial charge in [0.25, 0.3) is 0 Å². The lowest BCUT2D eigenvalue weighted by atomic mass is 10.0. The summed E-state index contributed by atoms with van der Waals surface area (Å²) in [6.45, 7) is 0.432. The number of aromatic amines is 2. The highest BCUT2D eigenvalue weighted by Crippen LogP contribution is 2.24. The Hall–Kier alpha value is -3.43. The highest BCUT2D eigenvalue weighted by Gasteiger charge is 2.25. The maximum absolute atomic E-state index is 13.3. The third-order valence-corrected chi connectivity index (χ3v) is 7.01. The SMILES string of the molecule is COc1ccc2[nH]cc(CCNC(=O)[C@H](Cc3c[nH]c4ccccc34)NC(=O)[C@@H](N)CCSC)c2c1. The highest BCUT2D eigenvalue weighted by molar-refractivity contribution is 7.98. The van der Waals surface area contributed by atoms with Gasteiger partial charge in [-0.1, -0.05) is 18.2 Å². The number of H-pyrrole nitrogens is 2. The number of carbonyl (C=O) groups excluding carboxylic acids is 2. The van der Waals surface area contributed by atoms with Crippen molar-refractivity contribution in [1.29, 1.82) is 0 Å². The first kappa shape index (κ1) is 25.7. The van der Waals surface area contributed by atoms with Crippen LogP contribution in [0, 0.1) is 0 Å². The Bertz CT molecular complexity index is 1330. The van der Waals surface area contributed by atoms with E-state index < -0.39 is 12.1 Å². The quantitative estimate of drug-likeness (QED) is 0.202. The summed E-state index contributed by atoms with van der Waals surface area (Å²) >= 11 is 1.64. The maximum atomic E-state index is 13.3. The molecule has 6 N–H and O–H groups in total. The minimum atomic E-state index is -0.736. The Kier molecular flexibility index (Phi) is 8.56. The van der Waals surface area contributed by atoms with Gasteiger partial charge in [-0.2, -0.15) is 11.8 Å². The fourth-order valence-electron chi connectivity index (χ4n) is 4.32. The van der Waals surface area contributed by atoms with Crippen LogP contribution in [-0.2, 0) is 22.4 Å². The van der Waals surface area contributed by atoms with Gasteiger partial charge in [0.15, 0.2) is 0 Å². The van der Waals surface area contributed by atoms with Gasteiger partial charge in [0, 0.05) is 47.2 Å². The van der Waals surface area contributed by atoms with E-state index >= 15 is 0 Å². The molecule has 0 fully saturated rings. The Morgan fingerprint density at radius 1 is 1.03 bits per heavy atom. The minimum Gasteiger partial charge on any atom is -0.497 e. The second-order valence-corrected chi connectivity index (χ2v) is 9.76. The van der Waals surface area contributed by atoms with E-state index in [1.54, 1.807) is 18.9 Å². The van der Waals surface area contributed by atoms with Crippen LogP contribution >= 0.6 is 11.8 Å². The summed E-state index contributed by atoms with van der Waals surface area (Å²) in [4.78, 5) is 32.5. The first-order valence-corrected chi connectivity index (χ1v) is 13.4. The van der Waals surface area contributed by atoms with E-state index in [-0.39, 0.29) is 11.8 Å². The lowest BCUT2D eigenvalue weighted by molar-refractivity contribution is -0.129. The van der Waals surface area contributed by atoms with Crippen LogP contribution in [0.3, 0.4) is 0 Å². The topological polar surface area (TPSA) is 125 Å². The van der Waals surface area contributed by atoms with Gasteiger partial charge in [-0.3, -0.25) is 9.59 Å². The Labute approximate surface area is 214 Å². The van der Waals surface area contributed by atoms with Crippen molar-refractivity contribution in [2.75, 3.05) is 25.7 Å². The first-order chi connectivity index (χ1) is 17.5. The highest BCUT2D eigenvalue weighted by atomic mass is 32.2. The number of rotatable bonds is 12. The molecule has 0 saturated carbocycles. The zero-order valence-electron chi connectivity index (χ0n) is 20.6. The van der Waals surface area contributed by atoms with Crippen LogP contribution < -0.4 is 21.1 Å². The molecule has 0 spiro atoms. The van der Waals surface area contributed by atoms with Gasteiger partial charge >= 0.3 is 0 Å². The molecule has 190 valence electrons. The van der Waals surface area contributed by atoms with Crippen LogP contribution in [-0.4, -0.2) is 59.5 Å². The standard InChI is InChI=1S/C27H33N5O3S/c1-35-19-7-8-24-21(14-19)17(15-30-24)9-11-29-27(34)25(32-26(33)22(28)10-12-36-2)13-18-16-31-23-6-4-3-5-20(18)23/h3-8,14-16,22,25,30-31H,9-13,28H2,1-2H3,(H,29,34)(H,32,33)/t22-,25-/m0/s1. The Morgan fingerprint density at radius 3 is 2.56 bits per heavy atom. The van der Waals surface area contributed by atoms with Gasteiger partial charge in [-0.25, -0.2) is 0 Å². The second-order valence-electron chi connectivity index (χ2n) is 8.78. The smallest absolute Gasteiger partial charge is 0.242 e. The van der Waals surface area contributed by atoms with Crippen molar-refractivity contribution in [2.45, 2.75) is 31.3 Å². The number of nitrogens with two attached hydrogens (primary N) is 1. The molecule has 4 aromatic rings. The molecule has 2 atom stereocenters. The molecule has 36 heavy (non-hydrogen) atoms. The van der Waals surface area contributed by atoms with E-state index in [0.717, 1.165) is 44.4 Å². The third kappa shape index (κ3) is 6.03. The second kappa shape index (κ2) is 12.0. The fourth-order valence-corrected chi connectivity index (χ4v) is 4.81. The van der Waals surface area contributed by atoms with Gasteiger partial charge in [0.2, 0.25) is 11.8 Å². The lowest BCUT2D eigenvalue weighted by Crippen LogP contribution is -2.52. The van der Waals surface area contributed by atoms with Gasteiger partial charge in [-0.15, -0.1) is 0 Å². The first-order valence-electron chi connectivity index (χ1n) is 12.0. The molecular weight excluding hydrogens is 474 g/mol. The van der Waals surface area contributed by atoms with Crippen molar-refractivity contribution < 1.29 is 14.3 Å². The average molecular weight is 508 g/mol. The zero-order valence-corrected chi connectivity index (χ0v) is 21.4. The third-order valence-electron chi connectivity index (χ3n) is 6.37. The summed E-state index contributed by atoms with van der Waals surface area (Å²) in [5.41, 5.74) is 10.1. The van der Waals surface area contributed by atoms with Crippen LogP contribution in [0.2, 0.25) is 0 Å². The number of hydrogen-bond donors (Lipinski definition) is 5. The van der Waals surface area contributed by atoms with Crippen molar-refractivity contribution in [2.24, 2.45) is 5.73 Å². The number of methoxy groups -OCH3 is 1. The molecule has 2 amide bonds. The monoisotopic (exact) mass is 507 g/mol. The normalized spacial score (nSPS) is 13.0. The van der Waals surface area contributed by atoms with Crippen LogP contribution in [0.5, 0.6) is 5.75 Å². The molecule has 0 aliphatic carbocycles. The van der Waals surface area contributed by atoms with Gasteiger partial charge in [0.05, 0.1) is 13.2 Å². The van der Waals surface area contributed by atoms with Crippen LogP contribution in [0.15, 0.2) is 54.9 Å². The average Bonchev–Trinajstić information content (AvgIpc) is 3.50. The Balaban J connectivity index is 1.45.